The molecule has 0 radical (unpaired) electrons. The van der Waals surface area contributed by atoms with Crippen LogP contribution in [0.1, 0.15) is 18.5 Å². The van der Waals surface area contributed by atoms with Gasteiger partial charge in [0.05, 0.1) is 15.1 Å². The minimum Gasteiger partial charge on any atom is -0.362 e. The highest BCUT2D eigenvalue weighted by atomic mass is 35.5. The van der Waals surface area contributed by atoms with Crippen LogP contribution < -0.4 is 5.32 Å². The Morgan fingerprint density at radius 3 is 2.53 bits per heavy atom. The fourth-order valence-electron chi connectivity index (χ4n) is 3.36. The third kappa shape index (κ3) is 3.50. The summed E-state index contributed by atoms with van der Waals surface area (Å²) in [5.41, 5.74) is 1.65. The lowest BCUT2D eigenvalue weighted by molar-refractivity contribution is 0.592. The maximum Gasteiger partial charge on any atom is 0.229 e. The van der Waals surface area contributed by atoms with E-state index in [-0.39, 0.29) is 27.4 Å². The number of fused-ring (bicyclic) bond motifs is 3. The summed E-state index contributed by atoms with van der Waals surface area (Å²) in [5.74, 6) is 0.178. The van der Waals surface area contributed by atoms with E-state index in [1.54, 1.807) is 12.1 Å². The minimum absolute atomic E-state index is 0.0469. The van der Waals surface area contributed by atoms with Gasteiger partial charge in [-0.1, -0.05) is 28.9 Å². The highest BCUT2D eigenvalue weighted by Crippen LogP contribution is 2.33. The molecular weight excluding hydrogens is 473 g/mol. The van der Waals surface area contributed by atoms with E-state index in [1.165, 1.54) is 52.3 Å². The fraction of sp³-hybridized carbons (Fsp3) is 0.0952. The van der Waals surface area contributed by atoms with E-state index >= 15 is 0 Å². The van der Waals surface area contributed by atoms with Crippen LogP contribution in [0.15, 0.2) is 69.9 Å². The summed E-state index contributed by atoms with van der Waals surface area (Å²) in [6, 6.07) is 13.6. The molecular formula is C21H15ClFN5O2S2. The van der Waals surface area contributed by atoms with Gasteiger partial charge >= 0.3 is 0 Å². The molecule has 0 amide bonds. The first kappa shape index (κ1) is 20.8. The van der Waals surface area contributed by atoms with Crippen LogP contribution in [0.3, 0.4) is 0 Å². The van der Waals surface area contributed by atoms with Crippen LogP contribution in [0, 0.1) is 5.82 Å². The van der Waals surface area contributed by atoms with Crippen molar-refractivity contribution in [1.82, 2.24) is 19.8 Å². The van der Waals surface area contributed by atoms with Crippen molar-refractivity contribution in [2.24, 2.45) is 0 Å². The normalized spacial score (nSPS) is 13.0. The average molecular weight is 488 g/mol. The topological polar surface area (TPSA) is 89.2 Å². The van der Waals surface area contributed by atoms with Gasteiger partial charge in [-0.3, -0.25) is 0 Å². The first-order chi connectivity index (χ1) is 15.3. The molecule has 162 valence electrons. The van der Waals surface area contributed by atoms with E-state index < -0.39 is 9.84 Å². The predicted molar refractivity (Wildman–Crippen MR) is 122 cm³/mol. The van der Waals surface area contributed by atoms with Crippen molar-refractivity contribution >= 4 is 54.5 Å². The summed E-state index contributed by atoms with van der Waals surface area (Å²) in [6.45, 7) is 1.92. The van der Waals surface area contributed by atoms with Gasteiger partial charge in [0.2, 0.25) is 14.9 Å². The average Bonchev–Trinajstić information content (AvgIpc) is 3.42. The molecule has 2 aromatic carbocycles. The molecule has 5 aromatic rings. The molecule has 1 atom stereocenters. The first-order valence-corrected chi connectivity index (χ1v) is 12.2. The van der Waals surface area contributed by atoms with Gasteiger partial charge in [0, 0.05) is 11.1 Å². The van der Waals surface area contributed by atoms with Crippen LogP contribution >= 0.6 is 22.9 Å². The summed E-state index contributed by atoms with van der Waals surface area (Å²) < 4.78 is 42.0. The second-order valence-electron chi connectivity index (χ2n) is 7.10. The van der Waals surface area contributed by atoms with Crippen molar-refractivity contribution in [2.45, 2.75) is 22.9 Å². The molecule has 0 fully saturated rings. The van der Waals surface area contributed by atoms with Gasteiger partial charge in [-0.15, -0.1) is 16.4 Å². The first-order valence-electron chi connectivity index (χ1n) is 9.50. The molecule has 11 heteroatoms. The lowest BCUT2D eigenvalue weighted by atomic mass is 10.1. The van der Waals surface area contributed by atoms with Crippen LogP contribution in [-0.4, -0.2) is 28.2 Å². The molecule has 0 unspecified atom stereocenters. The highest BCUT2D eigenvalue weighted by Gasteiger charge is 2.27. The monoisotopic (exact) mass is 487 g/mol. The summed E-state index contributed by atoms with van der Waals surface area (Å²) in [6.07, 6.45) is 0. The molecule has 0 aliphatic heterocycles. The largest absolute Gasteiger partial charge is 0.362 e. The standard InChI is InChI=1S/C21H15ClFN5O2S2/c1-12(13-2-6-15(23)7-3-13)24-19-18-17(10-11-31-18)28-20(25-19)21(26-27-28)32(29,30)16-8-4-14(22)5-9-16/h2-12H,1H3,(H,24,25)/t12-/m0/s1. The number of thiophene rings is 1. The Morgan fingerprint density at radius 1 is 1.09 bits per heavy atom. The Kier molecular flexibility index (Phi) is 5.07. The van der Waals surface area contributed by atoms with Gasteiger partial charge in [-0.05, 0) is 60.3 Å². The van der Waals surface area contributed by atoms with E-state index in [9.17, 15) is 12.8 Å². The fourth-order valence-corrected chi connectivity index (χ4v) is 5.55. The van der Waals surface area contributed by atoms with Crippen LogP contribution in [0.4, 0.5) is 10.2 Å². The summed E-state index contributed by atoms with van der Waals surface area (Å²) in [4.78, 5) is 4.63. The van der Waals surface area contributed by atoms with Gasteiger partial charge < -0.3 is 5.32 Å². The smallest absolute Gasteiger partial charge is 0.229 e. The quantitative estimate of drug-likeness (QED) is 0.369. The molecule has 0 spiro atoms. The van der Waals surface area contributed by atoms with Crippen molar-refractivity contribution in [2.75, 3.05) is 5.32 Å². The molecule has 0 bridgehead atoms. The van der Waals surface area contributed by atoms with Crippen molar-refractivity contribution in [3.05, 3.63) is 76.4 Å². The number of sulfone groups is 1. The maximum atomic E-state index is 13.3. The zero-order valence-corrected chi connectivity index (χ0v) is 18.9. The van der Waals surface area contributed by atoms with Crippen molar-refractivity contribution in [3.63, 3.8) is 0 Å². The number of anilines is 1. The van der Waals surface area contributed by atoms with Crippen LogP contribution in [0.2, 0.25) is 5.02 Å². The van der Waals surface area contributed by atoms with Crippen LogP contribution in [0.5, 0.6) is 0 Å². The van der Waals surface area contributed by atoms with Crippen LogP contribution in [-0.2, 0) is 9.84 Å². The molecule has 0 saturated carbocycles. The lowest BCUT2D eigenvalue weighted by Crippen LogP contribution is -2.10. The number of hydrogen-bond donors (Lipinski definition) is 1. The Hall–Kier alpha value is -3.08. The molecule has 3 aromatic heterocycles. The van der Waals surface area contributed by atoms with E-state index in [0.29, 0.717) is 16.4 Å². The lowest BCUT2D eigenvalue weighted by Gasteiger charge is -2.16. The number of halogens is 2. The number of aromatic nitrogens is 4. The van der Waals surface area contributed by atoms with Crippen molar-refractivity contribution in [1.29, 1.82) is 0 Å². The predicted octanol–water partition coefficient (Wildman–Crippen LogP) is 5.14. The number of rotatable bonds is 5. The molecule has 7 nitrogen and oxygen atoms in total. The SMILES string of the molecule is C[C@H](Nc1nc2c(S(=O)(=O)c3ccc(Cl)cc3)nnn2c2ccsc12)c1ccc(F)cc1. The van der Waals surface area contributed by atoms with Gasteiger partial charge in [0.1, 0.15) is 11.6 Å². The number of nitrogens with one attached hydrogen (secondary N) is 1. The second kappa shape index (κ2) is 7.80. The summed E-state index contributed by atoms with van der Waals surface area (Å²) >= 11 is 7.34. The van der Waals surface area contributed by atoms with E-state index in [4.69, 9.17) is 11.6 Å². The second-order valence-corrected chi connectivity index (χ2v) is 10.3. The number of nitrogens with zero attached hydrogens (tertiary/aromatic N) is 4. The molecule has 0 aliphatic rings. The Balaban J connectivity index is 1.64. The molecule has 3 heterocycles. The molecule has 0 saturated heterocycles. The third-order valence-electron chi connectivity index (χ3n) is 5.02. The van der Waals surface area contributed by atoms with Gasteiger partial charge in [0.25, 0.3) is 0 Å². The maximum absolute atomic E-state index is 13.3. The zero-order valence-electron chi connectivity index (χ0n) is 16.5. The Bertz CT molecular complexity index is 1550. The third-order valence-corrected chi connectivity index (χ3v) is 7.85. The molecule has 0 aliphatic carbocycles. The Labute approximate surface area is 191 Å². The van der Waals surface area contributed by atoms with Gasteiger partial charge in [-0.25, -0.2) is 17.8 Å². The van der Waals surface area contributed by atoms with E-state index in [1.807, 2.05) is 18.4 Å². The minimum atomic E-state index is -3.97. The number of benzene rings is 2. The molecule has 1 N–H and O–H groups in total. The van der Waals surface area contributed by atoms with Crippen LogP contribution in [0.25, 0.3) is 15.9 Å². The highest BCUT2D eigenvalue weighted by molar-refractivity contribution is 7.91. The summed E-state index contributed by atoms with van der Waals surface area (Å²) in [5, 5.41) is 13.4. The molecule has 32 heavy (non-hydrogen) atoms. The Morgan fingerprint density at radius 2 is 1.81 bits per heavy atom. The van der Waals surface area contributed by atoms with Gasteiger partial charge in [-0.2, -0.15) is 4.52 Å². The summed E-state index contributed by atoms with van der Waals surface area (Å²) in [7, 11) is -3.97. The van der Waals surface area contributed by atoms with E-state index in [0.717, 1.165) is 10.3 Å². The molecule has 5 rings (SSSR count). The zero-order chi connectivity index (χ0) is 22.5. The number of hydrogen-bond acceptors (Lipinski definition) is 7. The van der Waals surface area contributed by atoms with E-state index in [2.05, 4.69) is 20.6 Å². The van der Waals surface area contributed by atoms with Crippen molar-refractivity contribution < 1.29 is 12.8 Å². The van der Waals surface area contributed by atoms with Crippen molar-refractivity contribution in [3.8, 4) is 0 Å². The van der Waals surface area contributed by atoms with Gasteiger partial charge in [0.15, 0.2) is 5.65 Å².